The molecule has 0 spiro atoms. The van der Waals surface area contributed by atoms with E-state index in [0.29, 0.717) is 10.9 Å². The number of aromatic amines is 1. The van der Waals surface area contributed by atoms with E-state index in [1.807, 2.05) is 48.0 Å². The molecule has 2 aromatic heterocycles. The minimum atomic E-state index is 0.00216. The molecule has 0 bridgehead atoms. The number of hydrogen-bond donors (Lipinski definition) is 2. The average Bonchev–Trinajstić information content (AvgIpc) is 3.36. The molecule has 4 aromatic rings. The number of nitrogens with one attached hydrogen (secondary N) is 2. The van der Waals surface area contributed by atoms with Crippen LogP contribution in [0.15, 0.2) is 59.9 Å². The molecule has 0 radical (unpaired) electrons. The van der Waals surface area contributed by atoms with Crippen LogP contribution < -0.4 is 5.32 Å². The molecule has 2 heterocycles. The molecular weight excluding hydrogens is 394 g/mol. The molecule has 2 N–H and O–H groups in total. The molecule has 154 valence electrons. The quantitative estimate of drug-likeness (QED) is 0.425. The number of thioether (sulfide) groups is 1. The molecule has 0 aliphatic heterocycles. The summed E-state index contributed by atoms with van der Waals surface area (Å²) in [5.41, 5.74) is 4.16. The van der Waals surface area contributed by atoms with Crippen LogP contribution in [-0.2, 0) is 4.79 Å². The van der Waals surface area contributed by atoms with Gasteiger partial charge in [0.05, 0.1) is 11.4 Å². The maximum atomic E-state index is 12.3. The van der Waals surface area contributed by atoms with Crippen LogP contribution in [0.5, 0.6) is 0 Å². The van der Waals surface area contributed by atoms with E-state index in [0.717, 1.165) is 40.0 Å². The zero-order valence-electron chi connectivity index (χ0n) is 17.3. The fourth-order valence-electron chi connectivity index (χ4n) is 3.37. The van der Waals surface area contributed by atoms with Gasteiger partial charge in [-0.2, -0.15) is 0 Å². The molecule has 4 rings (SSSR count). The molecule has 1 atom stereocenters. The molecule has 0 saturated carbocycles. The average molecular weight is 420 g/mol. The van der Waals surface area contributed by atoms with Crippen LogP contribution in [0.2, 0.25) is 0 Å². The second kappa shape index (κ2) is 8.75. The molecule has 0 aliphatic rings. The normalized spacial score (nSPS) is 12.2. The van der Waals surface area contributed by atoms with Crippen molar-refractivity contribution in [3.05, 3.63) is 60.3 Å². The Morgan fingerprint density at radius 1 is 1.17 bits per heavy atom. The zero-order valence-corrected chi connectivity index (χ0v) is 18.2. The number of carbonyl (C=O) groups is 1. The van der Waals surface area contributed by atoms with Crippen LogP contribution in [0, 0.1) is 6.92 Å². The third-order valence-corrected chi connectivity index (χ3v) is 6.10. The fourth-order valence-corrected chi connectivity index (χ4v) is 4.13. The summed E-state index contributed by atoms with van der Waals surface area (Å²) in [6, 6.07) is 16.4. The Bertz CT molecular complexity index is 1180. The first-order valence-corrected chi connectivity index (χ1v) is 11.1. The maximum absolute atomic E-state index is 12.3. The number of nitrogens with zero attached hydrogens (tertiary/aromatic N) is 3. The Hall–Kier alpha value is -3.06. The van der Waals surface area contributed by atoms with Gasteiger partial charge in [-0.25, -0.2) is 0 Å². The Morgan fingerprint density at radius 2 is 1.93 bits per heavy atom. The number of para-hydroxylation sites is 2. The van der Waals surface area contributed by atoms with Gasteiger partial charge in [-0.05, 0) is 38.0 Å². The summed E-state index contributed by atoms with van der Waals surface area (Å²) in [5, 5.41) is 13.8. The topological polar surface area (TPSA) is 75.6 Å². The summed E-state index contributed by atoms with van der Waals surface area (Å²) in [4.78, 5) is 15.6. The van der Waals surface area contributed by atoms with Gasteiger partial charge in [0.2, 0.25) is 5.91 Å². The van der Waals surface area contributed by atoms with Gasteiger partial charge >= 0.3 is 0 Å². The Morgan fingerprint density at radius 3 is 2.73 bits per heavy atom. The van der Waals surface area contributed by atoms with E-state index >= 15 is 0 Å². The van der Waals surface area contributed by atoms with Crippen molar-refractivity contribution in [1.29, 1.82) is 0 Å². The number of hydrogen-bond acceptors (Lipinski definition) is 4. The molecule has 7 heteroatoms. The summed E-state index contributed by atoms with van der Waals surface area (Å²) < 4.78 is 2.05. The molecule has 1 unspecified atom stereocenters. The number of rotatable bonds is 7. The second-order valence-corrected chi connectivity index (χ2v) is 8.28. The first-order valence-electron chi connectivity index (χ1n) is 10.1. The fraction of sp³-hybridized carbons (Fsp3) is 0.261. The monoisotopic (exact) mass is 419 g/mol. The van der Waals surface area contributed by atoms with Crippen LogP contribution in [0.25, 0.3) is 28.0 Å². The SMILES string of the molecule is CCC(C)NC(=O)CSc1nnc(-c2c[nH]c3ccccc23)n1-c1ccccc1C. The maximum Gasteiger partial charge on any atom is 0.230 e. The van der Waals surface area contributed by atoms with Gasteiger partial charge in [0.1, 0.15) is 0 Å². The molecule has 0 aliphatic carbocycles. The summed E-state index contributed by atoms with van der Waals surface area (Å²) in [7, 11) is 0. The van der Waals surface area contributed by atoms with Gasteiger partial charge in [0.25, 0.3) is 0 Å². The lowest BCUT2D eigenvalue weighted by Crippen LogP contribution is -2.33. The van der Waals surface area contributed by atoms with Crippen molar-refractivity contribution < 1.29 is 4.79 Å². The van der Waals surface area contributed by atoms with Gasteiger partial charge in [-0.15, -0.1) is 10.2 Å². The van der Waals surface area contributed by atoms with E-state index in [4.69, 9.17) is 0 Å². The van der Waals surface area contributed by atoms with Crippen LogP contribution in [-0.4, -0.2) is 37.5 Å². The standard InChI is InChI=1S/C23H25N5OS/c1-4-16(3)25-21(29)14-30-23-27-26-22(28(23)20-12-8-5-9-15(20)2)18-13-24-19-11-7-6-10-17(18)19/h5-13,16,24H,4,14H2,1-3H3,(H,25,29). The van der Waals surface area contributed by atoms with E-state index in [1.54, 1.807) is 0 Å². The molecule has 0 saturated heterocycles. The van der Waals surface area contributed by atoms with E-state index in [9.17, 15) is 4.79 Å². The first-order chi connectivity index (χ1) is 14.6. The number of aromatic nitrogens is 4. The lowest BCUT2D eigenvalue weighted by molar-refractivity contribution is -0.119. The molecule has 30 heavy (non-hydrogen) atoms. The number of fused-ring (bicyclic) bond motifs is 1. The lowest BCUT2D eigenvalue weighted by atomic mass is 10.1. The highest BCUT2D eigenvalue weighted by Gasteiger charge is 2.20. The summed E-state index contributed by atoms with van der Waals surface area (Å²) in [5.74, 6) is 1.05. The van der Waals surface area contributed by atoms with Gasteiger partial charge < -0.3 is 10.3 Å². The van der Waals surface area contributed by atoms with E-state index < -0.39 is 0 Å². The van der Waals surface area contributed by atoms with Crippen molar-refractivity contribution in [2.24, 2.45) is 0 Å². The highest BCUT2D eigenvalue weighted by Crippen LogP contribution is 2.33. The second-order valence-electron chi connectivity index (χ2n) is 7.34. The van der Waals surface area contributed by atoms with Crippen molar-refractivity contribution >= 4 is 28.6 Å². The summed E-state index contributed by atoms with van der Waals surface area (Å²) in [6.45, 7) is 6.13. The number of H-pyrrole nitrogens is 1. The van der Waals surface area contributed by atoms with Gasteiger partial charge in [-0.3, -0.25) is 9.36 Å². The van der Waals surface area contributed by atoms with Crippen LogP contribution >= 0.6 is 11.8 Å². The Kier molecular flexibility index (Phi) is 5.90. The summed E-state index contributed by atoms with van der Waals surface area (Å²) >= 11 is 1.40. The van der Waals surface area contributed by atoms with E-state index in [-0.39, 0.29) is 11.9 Å². The highest BCUT2D eigenvalue weighted by molar-refractivity contribution is 7.99. The van der Waals surface area contributed by atoms with E-state index in [2.05, 4.69) is 52.5 Å². The van der Waals surface area contributed by atoms with E-state index in [1.165, 1.54) is 11.8 Å². The third kappa shape index (κ3) is 3.98. The van der Waals surface area contributed by atoms with Crippen LogP contribution in [0.4, 0.5) is 0 Å². The molecular formula is C23H25N5OS. The lowest BCUT2D eigenvalue weighted by Gasteiger charge is -2.13. The largest absolute Gasteiger partial charge is 0.360 e. The van der Waals surface area contributed by atoms with Crippen molar-refractivity contribution in [3.8, 4) is 17.1 Å². The van der Waals surface area contributed by atoms with Crippen molar-refractivity contribution in [3.63, 3.8) is 0 Å². The van der Waals surface area contributed by atoms with Crippen LogP contribution in [0.3, 0.4) is 0 Å². The van der Waals surface area contributed by atoms with Crippen molar-refractivity contribution in [2.45, 2.75) is 38.4 Å². The zero-order chi connectivity index (χ0) is 21.1. The highest BCUT2D eigenvalue weighted by atomic mass is 32.2. The van der Waals surface area contributed by atoms with Crippen molar-refractivity contribution in [2.75, 3.05) is 5.75 Å². The number of benzene rings is 2. The number of amides is 1. The van der Waals surface area contributed by atoms with Gasteiger partial charge in [0.15, 0.2) is 11.0 Å². The molecule has 0 fully saturated rings. The minimum Gasteiger partial charge on any atom is -0.360 e. The summed E-state index contributed by atoms with van der Waals surface area (Å²) in [6.07, 6.45) is 2.87. The molecule has 6 nitrogen and oxygen atoms in total. The predicted molar refractivity (Wildman–Crippen MR) is 122 cm³/mol. The number of carbonyl (C=O) groups excluding carboxylic acids is 1. The number of aryl methyl sites for hydroxylation is 1. The third-order valence-electron chi connectivity index (χ3n) is 5.17. The predicted octanol–water partition coefficient (Wildman–Crippen LogP) is 4.73. The van der Waals surface area contributed by atoms with Crippen LogP contribution in [0.1, 0.15) is 25.8 Å². The molecule has 1 amide bonds. The smallest absolute Gasteiger partial charge is 0.230 e. The Balaban J connectivity index is 1.75. The molecule has 2 aromatic carbocycles. The minimum absolute atomic E-state index is 0.00216. The Labute approximate surface area is 180 Å². The van der Waals surface area contributed by atoms with Gasteiger partial charge in [0, 0.05) is 28.7 Å². The van der Waals surface area contributed by atoms with Gasteiger partial charge in [-0.1, -0.05) is 55.1 Å². The first kappa shape index (κ1) is 20.2. The van der Waals surface area contributed by atoms with Crippen molar-refractivity contribution in [1.82, 2.24) is 25.1 Å².